The zero-order valence-corrected chi connectivity index (χ0v) is 22.8. The van der Waals surface area contributed by atoms with Crippen LogP contribution in [0.1, 0.15) is 27.3 Å². The molecule has 0 aliphatic rings. The fourth-order valence-electron chi connectivity index (χ4n) is 4.17. The molecule has 2 heterocycles. The van der Waals surface area contributed by atoms with Gasteiger partial charge in [-0.1, -0.05) is 0 Å². The molecule has 0 saturated heterocycles. The number of aryl methyl sites for hydroxylation is 2. The molecule has 0 radical (unpaired) electrons. The highest BCUT2D eigenvalue weighted by Crippen LogP contribution is 2.38. The Kier molecular flexibility index (Phi) is 8.50. The lowest BCUT2D eigenvalue weighted by atomic mass is 10.1. The van der Waals surface area contributed by atoms with Gasteiger partial charge in [-0.3, -0.25) is 20.4 Å². The van der Waals surface area contributed by atoms with Crippen LogP contribution < -0.4 is 29.6 Å². The molecule has 0 spiro atoms. The first-order valence-corrected chi connectivity index (χ1v) is 12.2. The molecule has 204 valence electrons. The average Bonchev–Trinajstić information content (AvgIpc) is 3.33. The normalized spacial score (nSPS) is 11.3. The van der Waals surface area contributed by atoms with Crippen LogP contribution in [0, 0.1) is 13.8 Å². The second kappa shape index (κ2) is 12.2. The molecule has 2 aromatic heterocycles. The first-order chi connectivity index (χ1) is 18.8. The van der Waals surface area contributed by atoms with Crippen LogP contribution in [0.2, 0.25) is 0 Å². The fourth-order valence-corrected chi connectivity index (χ4v) is 4.17. The zero-order chi connectivity index (χ0) is 27.9. The van der Waals surface area contributed by atoms with E-state index in [-0.39, 0.29) is 5.96 Å². The van der Waals surface area contributed by atoms with Crippen LogP contribution in [0.3, 0.4) is 0 Å². The molecule has 0 fully saturated rings. The summed E-state index contributed by atoms with van der Waals surface area (Å²) < 4.78 is 21.5. The molecule has 2 aromatic carbocycles. The predicted molar refractivity (Wildman–Crippen MR) is 150 cm³/mol. The Labute approximate surface area is 226 Å². The fraction of sp³-hybridized carbons (Fsp3) is 0.286. The maximum atomic E-state index is 13.3. The zero-order valence-electron chi connectivity index (χ0n) is 22.8. The molecule has 3 N–H and O–H groups in total. The van der Waals surface area contributed by atoms with Crippen molar-refractivity contribution in [2.24, 2.45) is 4.99 Å². The average molecular weight is 533 g/mol. The van der Waals surface area contributed by atoms with Crippen LogP contribution in [0.4, 0.5) is 5.95 Å². The molecule has 0 unspecified atom stereocenters. The number of fused-ring (bicyclic) bond motifs is 1. The lowest BCUT2D eigenvalue weighted by Gasteiger charge is -2.15. The van der Waals surface area contributed by atoms with Crippen LogP contribution in [-0.4, -0.2) is 61.8 Å². The first-order valence-electron chi connectivity index (χ1n) is 12.2. The standard InChI is InChI=1S/C28H32N6O5/c1-16-11-17(2)32-28(31-16)34-27(29-10-9-18-15-30-22-8-7-20(36-3)14-21(18)22)33-26(35)19-12-23(37-4)25(39-6)24(13-19)38-5/h7-8,11-15,30H,9-10H2,1-6H3,(H2,29,31,32,33,34,35). The summed E-state index contributed by atoms with van der Waals surface area (Å²) >= 11 is 0. The van der Waals surface area contributed by atoms with Crippen LogP contribution in [0.15, 0.2) is 47.6 Å². The largest absolute Gasteiger partial charge is 0.497 e. The van der Waals surface area contributed by atoms with Gasteiger partial charge in [-0.25, -0.2) is 9.97 Å². The number of aromatic amines is 1. The number of carbonyl (C=O) groups is 1. The topological polar surface area (TPSA) is 132 Å². The van der Waals surface area contributed by atoms with Crippen molar-refractivity contribution in [3.05, 3.63) is 65.1 Å². The molecule has 11 heteroatoms. The summed E-state index contributed by atoms with van der Waals surface area (Å²) in [5, 5.41) is 6.95. The Bertz CT molecular complexity index is 1470. The van der Waals surface area contributed by atoms with Gasteiger partial charge in [-0.15, -0.1) is 0 Å². The third-order valence-corrected chi connectivity index (χ3v) is 6.00. The van der Waals surface area contributed by atoms with E-state index >= 15 is 0 Å². The minimum Gasteiger partial charge on any atom is -0.497 e. The van der Waals surface area contributed by atoms with E-state index in [0.717, 1.165) is 33.6 Å². The van der Waals surface area contributed by atoms with Crippen LogP contribution >= 0.6 is 0 Å². The number of benzene rings is 2. The van der Waals surface area contributed by atoms with E-state index in [0.29, 0.717) is 41.7 Å². The third-order valence-electron chi connectivity index (χ3n) is 6.00. The molecule has 0 aliphatic carbocycles. The van der Waals surface area contributed by atoms with Gasteiger partial charge in [-0.05, 0) is 62.2 Å². The van der Waals surface area contributed by atoms with Gasteiger partial charge in [-0.2, -0.15) is 0 Å². The second-order valence-electron chi connectivity index (χ2n) is 8.67. The van der Waals surface area contributed by atoms with Crippen molar-refractivity contribution < 1.29 is 23.7 Å². The summed E-state index contributed by atoms with van der Waals surface area (Å²) in [6.07, 6.45) is 2.57. The van der Waals surface area contributed by atoms with Gasteiger partial charge in [0.1, 0.15) is 5.75 Å². The van der Waals surface area contributed by atoms with Gasteiger partial charge in [0, 0.05) is 40.6 Å². The number of aromatic nitrogens is 3. The van der Waals surface area contributed by atoms with Crippen molar-refractivity contribution in [3.63, 3.8) is 0 Å². The number of hydrogen-bond donors (Lipinski definition) is 3. The number of methoxy groups -OCH3 is 4. The van der Waals surface area contributed by atoms with Crippen molar-refractivity contribution in [1.82, 2.24) is 20.3 Å². The monoisotopic (exact) mass is 532 g/mol. The summed E-state index contributed by atoms with van der Waals surface area (Å²) in [4.78, 5) is 30.1. The number of ether oxygens (including phenoxy) is 4. The van der Waals surface area contributed by atoms with Crippen LogP contribution in [0.25, 0.3) is 10.9 Å². The number of nitrogens with one attached hydrogen (secondary N) is 3. The van der Waals surface area contributed by atoms with Gasteiger partial charge in [0.15, 0.2) is 11.5 Å². The molecule has 4 rings (SSSR count). The number of carbonyl (C=O) groups excluding carboxylic acids is 1. The van der Waals surface area contributed by atoms with Gasteiger partial charge < -0.3 is 23.9 Å². The SMILES string of the molecule is COc1ccc2[nH]cc(CCN=C(NC(=O)c3cc(OC)c(OC)c(OC)c3)Nc3nc(C)cc(C)n3)c2c1. The number of rotatable bonds is 9. The van der Waals surface area contributed by atoms with E-state index in [4.69, 9.17) is 18.9 Å². The van der Waals surface area contributed by atoms with E-state index in [9.17, 15) is 4.79 Å². The van der Waals surface area contributed by atoms with E-state index in [2.05, 4.69) is 30.6 Å². The maximum absolute atomic E-state index is 13.3. The number of amides is 1. The lowest BCUT2D eigenvalue weighted by molar-refractivity contribution is 0.0976. The molecular weight excluding hydrogens is 500 g/mol. The van der Waals surface area contributed by atoms with Crippen molar-refractivity contribution in [2.75, 3.05) is 40.3 Å². The Morgan fingerprint density at radius 3 is 2.23 bits per heavy atom. The predicted octanol–water partition coefficient (Wildman–Crippen LogP) is 4.05. The Morgan fingerprint density at radius 1 is 0.923 bits per heavy atom. The second-order valence-corrected chi connectivity index (χ2v) is 8.67. The van der Waals surface area contributed by atoms with Gasteiger partial charge >= 0.3 is 0 Å². The molecular formula is C28H32N6O5. The summed E-state index contributed by atoms with van der Waals surface area (Å²) in [6.45, 7) is 4.12. The van der Waals surface area contributed by atoms with Crippen molar-refractivity contribution in [1.29, 1.82) is 0 Å². The van der Waals surface area contributed by atoms with Crippen LogP contribution in [-0.2, 0) is 6.42 Å². The highest BCUT2D eigenvalue weighted by molar-refractivity contribution is 6.10. The molecule has 1 amide bonds. The van der Waals surface area contributed by atoms with Crippen molar-refractivity contribution in [3.8, 4) is 23.0 Å². The smallest absolute Gasteiger partial charge is 0.258 e. The highest BCUT2D eigenvalue weighted by Gasteiger charge is 2.18. The Morgan fingerprint density at radius 2 is 1.62 bits per heavy atom. The summed E-state index contributed by atoms with van der Waals surface area (Å²) in [5.41, 5.74) is 3.95. The van der Waals surface area contributed by atoms with E-state index in [1.807, 2.05) is 44.3 Å². The number of nitrogens with zero attached hydrogens (tertiary/aromatic N) is 3. The highest BCUT2D eigenvalue weighted by atomic mass is 16.5. The number of anilines is 1. The van der Waals surface area contributed by atoms with E-state index in [1.165, 1.54) is 21.3 Å². The minimum absolute atomic E-state index is 0.205. The number of H-pyrrole nitrogens is 1. The lowest BCUT2D eigenvalue weighted by Crippen LogP contribution is -2.37. The van der Waals surface area contributed by atoms with Crippen LogP contribution in [0.5, 0.6) is 23.0 Å². The molecule has 39 heavy (non-hydrogen) atoms. The molecule has 0 atom stereocenters. The molecule has 0 bridgehead atoms. The minimum atomic E-state index is -0.429. The molecule has 0 aliphatic heterocycles. The Hall–Kier alpha value is -4.80. The van der Waals surface area contributed by atoms with Gasteiger partial charge in [0.25, 0.3) is 5.91 Å². The van der Waals surface area contributed by atoms with E-state index < -0.39 is 5.91 Å². The number of aliphatic imine (C=N–C) groups is 1. The first kappa shape index (κ1) is 27.2. The quantitative estimate of drug-likeness (QED) is 0.217. The molecule has 0 saturated carbocycles. The molecule has 11 nitrogen and oxygen atoms in total. The summed E-state index contributed by atoms with van der Waals surface area (Å²) in [5.74, 6) is 1.99. The summed E-state index contributed by atoms with van der Waals surface area (Å²) in [6, 6.07) is 10.9. The van der Waals surface area contributed by atoms with Gasteiger partial charge in [0.05, 0.1) is 28.4 Å². The maximum Gasteiger partial charge on any atom is 0.258 e. The Balaban J connectivity index is 1.61. The van der Waals surface area contributed by atoms with Crippen molar-refractivity contribution >= 4 is 28.7 Å². The molecule has 4 aromatic rings. The van der Waals surface area contributed by atoms with E-state index in [1.54, 1.807) is 19.2 Å². The summed E-state index contributed by atoms with van der Waals surface area (Å²) in [7, 11) is 6.13. The van der Waals surface area contributed by atoms with Gasteiger partial charge in [0.2, 0.25) is 17.7 Å². The van der Waals surface area contributed by atoms with Crippen molar-refractivity contribution in [2.45, 2.75) is 20.3 Å². The number of guanidine groups is 1. The third kappa shape index (κ3) is 6.38. The number of hydrogen-bond acceptors (Lipinski definition) is 8.